The summed E-state index contributed by atoms with van der Waals surface area (Å²) in [5.41, 5.74) is 0.770. The molecule has 0 radical (unpaired) electrons. The van der Waals surface area contributed by atoms with Crippen LogP contribution in [0.5, 0.6) is 0 Å². The zero-order valence-corrected chi connectivity index (χ0v) is 16.7. The number of rotatable bonds is 5. The number of urea groups is 1. The van der Waals surface area contributed by atoms with Crippen molar-refractivity contribution in [1.82, 2.24) is 10.2 Å². The lowest BCUT2D eigenvalue weighted by molar-refractivity contribution is -0.127. The topological polar surface area (TPSA) is 61.4 Å². The van der Waals surface area contributed by atoms with Crippen LogP contribution in [0.3, 0.4) is 0 Å². The van der Waals surface area contributed by atoms with Crippen molar-refractivity contribution in [3.8, 4) is 0 Å². The third kappa shape index (κ3) is 5.10. The minimum Gasteiger partial charge on any atom is -0.348 e. The molecule has 0 unspecified atom stereocenters. The van der Waals surface area contributed by atoms with Crippen molar-refractivity contribution in [2.45, 2.75) is 32.7 Å². The number of nitrogens with zero attached hydrogens (tertiary/aromatic N) is 1. The van der Waals surface area contributed by atoms with Crippen LogP contribution >= 0.6 is 11.3 Å². The summed E-state index contributed by atoms with van der Waals surface area (Å²) in [6.45, 7) is 5.37. The number of hydrogen-bond donors (Lipinski definition) is 2. The number of benzene rings is 1. The molecule has 6 heteroatoms. The third-order valence-electron chi connectivity index (χ3n) is 4.92. The summed E-state index contributed by atoms with van der Waals surface area (Å²) in [7, 11) is 0. The van der Waals surface area contributed by atoms with Crippen molar-refractivity contribution >= 4 is 29.0 Å². The normalized spacial score (nSPS) is 18.2. The summed E-state index contributed by atoms with van der Waals surface area (Å²) in [5.74, 6) is 0.189. The van der Waals surface area contributed by atoms with Gasteiger partial charge in [-0.25, -0.2) is 4.79 Å². The second-order valence-corrected chi connectivity index (χ2v) is 8.31. The van der Waals surface area contributed by atoms with Gasteiger partial charge in [0.15, 0.2) is 0 Å². The number of piperidine rings is 1. The summed E-state index contributed by atoms with van der Waals surface area (Å²) in [6.07, 6.45) is 1.65. The van der Waals surface area contributed by atoms with Crippen molar-refractivity contribution < 1.29 is 9.59 Å². The van der Waals surface area contributed by atoms with Crippen molar-refractivity contribution in [3.05, 3.63) is 52.7 Å². The van der Waals surface area contributed by atoms with Gasteiger partial charge in [0, 0.05) is 23.7 Å². The van der Waals surface area contributed by atoms with E-state index in [1.54, 1.807) is 16.2 Å². The van der Waals surface area contributed by atoms with Gasteiger partial charge in [0.05, 0.1) is 12.0 Å². The van der Waals surface area contributed by atoms with Crippen LogP contribution in [0.1, 0.15) is 37.6 Å². The van der Waals surface area contributed by atoms with Crippen LogP contribution in [-0.2, 0) is 4.79 Å². The van der Waals surface area contributed by atoms with Crippen LogP contribution < -0.4 is 10.6 Å². The highest BCUT2D eigenvalue weighted by Gasteiger charge is 2.30. The molecule has 1 fully saturated rings. The molecule has 0 bridgehead atoms. The minimum atomic E-state index is -0.165. The van der Waals surface area contributed by atoms with E-state index in [0.717, 1.165) is 18.5 Å². The Morgan fingerprint density at radius 3 is 2.59 bits per heavy atom. The fraction of sp³-hybridized carbons (Fsp3) is 0.429. The Bertz CT molecular complexity index is 746. The molecule has 0 aliphatic carbocycles. The van der Waals surface area contributed by atoms with Crippen molar-refractivity contribution in [2.75, 3.05) is 18.4 Å². The Labute approximate surface area is 164 Å². The van der Waals surface area contributed by atoms with Crippen molar-refractivity contribution in [2.24, 2.45) is 11.8 Å². The monoisotopic (exact) mass is 385 g/mol. The molecule has 5 nitrogen and oxygen atoms in total. The molecule has 144 valence electrons. The quantitative estimate of drug-likeness (QED) is 0.796. The molecule has 1 saturated heterocycles. The summed E-state index contributed by atoms with van der Waals surface area (Å²) in [5, 5.41) is 8.16. The van der Waals surface area contributed by atoms with E-state index >= 15 is 0 Å². The fourth-order valence-electron chi connectivity index (χ4n) is 3.41. The lowest BCUT2D eigenvalue weighted by atomic mass is 9.95. The smallest absolute Gasteiger partial charge is 0.321 e. The Morgan fingerprint density at radius 1 is 1.15 bits per heavy atom. The highest BCUT2D eigenvalue weighted by molar-refractivity contribution is 7.10. The average Bonchev–Trinajstić information content (AvgIpc) is 3.21. The molecule has 27 heavy (non-hydrogen) atoms. The molecule has 3 rings (SSSR count). The maximum atomic E-state index is 12.9. The molecule has 2 heterocycles. The lowest BCUT2D eigenvalue weighted by Gasteiger charge is -2.33. The predicted molar refractivity (Wildman–Crippen MR) is 110 cm³/mol. The van der Waals surface area contributed by atoms with E-state index in [2.05, 4.69) is 30.5 Å². The second-order valence-electron chi connectivity index (χ2n) is 7.33. The zero-order chi connectivity index (χ0) is 19.2. The van der Waals surface area contributed by atoms with Crippen LogP contribution in [0.4, 0.5) is 10.5 Å². The molecule has 0 saturated carbocycles. The molecule has 3 amide bonds. The van der Waals surface area contributed by atoms with E-state index in [1.807, 2.05) is 41.8 Å². The van der Waals surface area contributed by atoms with Gasteiger partial charge in [-0.2, -0.15) is 0 Å². The molecule has 1 aromatic heterocycles. The number of amides is 3. The van der Waals surface area contributed by atoms with Gasteiger partial charge in [0.2, 0.25) is 5.91 Å². The lowest BCUT2D eigenvalue weighted by Crippen LogP contribution is -2.47. The zero-order valence-electron chi connectivity index (χ0n) is 15.9. The van der Waals surface area contributed by atoms with Crippen molar-refractivity contribution in [1.29, 1.82) is 0 Å². The minimum absolute atomic E-state index is 0.0195. The van der Waals surface area contributed by atoms with E-state index in [9.17, 15) is 9.59 Å². The van der Waals surface area contributed by atoms with Gasteiger partial charge < -0.3 is 15.5 Å². The van der Waals surface area contributed by atoms with Gasteiger partial charge in [-0.3, -0.25) is 4.79 Å². The molecule has 1 aliphatic heterocycles. The van der Waals surface area contributed by atoms with E-state index in [1.165, 1.54) is 4.88 Å². The Hall–Kier alpha value is -2.34. The van der Waals surface area contributed by atoms with Gasteiger partial charge in [-0.15, -0.1) is 11.3 Å². The summed E-state index contributed by atoms with van der Waals surface area (Å²) in [4.78, 5) is 28.3. The molecule has 2 N–H and O–H groups in total. The number of carbonyl (C=O) groups is 2. The predicted octanol–water partition coefficient (Wildman–Crippen LogP) is 4.51. The molecular formula is C21H27N3O2S. The van der Waals surface area contributed by atoms with Crippen LogP contribution in [0.2, 0.25) is 0 Å². The molecule has 1 aliphatic rings. The standard InChI is InChI=1S/C21H27N3O2S/c1-15(2)19(18-11-7-13-27-18)23-20(25)16-8-6-12-24(14-16)21(26)22-17-9-4-3-5-10-17/h3-5,7,9-11,13,15-16,19H,6,8,12,14H2,1-2H3,(H,22,26)(H,23,25)/t16-,19+/m1/s1. The van der Waals surface area contributed by atoms with Crippen LogP contribution in [-0.4, -0.2) is 29.9 Å². The average molecular weight is 386 g/mol. The first-order valence-electron chi connectivity index (χ1n) is 9.49. The van der Waals surface area contributed by atoms with Crippen LogP contribution in [0, 0.1) is 11.8 Å². The number of anilines is 1. The number of thiophene rings is 1. The number of carbonyl (C=O) groups excluding carboxylic acids is 2. The maximum Gasteiger partial charge on any atom is 0.321 e. The first kappa shape index (κ1) is 19.4. The first-order valence-corrected chi connectivity index (χ1v) is 10.4. The summed E-state index contributed by atoms with van der Waals surface area (Å²) >= 11 is 1.67. The maximum absolute atomic E-state index is 12.9. The van der Waals surface area contributed by atoms with E-state index in [0.29, 0.717) is 19.0 Å². The molecule has 0 spiro atoms. The molecule has 2 atom stereocenters. The highest BCUT2D eigenvalue weighted by atomic mass is 32.1. The van der Waals surface area contributed by atoms with Gasteiger partial charge in [0.1, 0.15) is 0 Å². The number of likely N-dealkylation sites (tertiary alicyclic amines) is 1. The number of para-hydroxylation sites is 1. The van der Waals surface area contributed by atoms with Gasteiger partial charge in [-0.05, 0) is 42.3 Å². The highest BCUT2D eigenvalue weighted by Crippen LogP contribution is 2.27. The van der Waals surface area contributed by atoms with Gasteiger partial charge in [-0.1, -0.05) is 38.1 Å². The Balaban J connectivity index is 1.59. The molecule has 2 aromatic rings. The summed E-state index contributed by atoms with van der Waals surface area (Å²) in [6, 6.07) is 13.4. The Morgan fingerprint density at radius 2 is 1.93 bits per heavy atom. The van der Waals surface area contributed by atoms with E-state index < -0.39 is 0 Å². The molecule has 1 aromatic carbocycles. The summed E-state index contributed by atoms with van der Waals surface area (Å²) < 4.78 is 0. The number of hydrogen-bond acceptors (Lipinski definition) is 3. The van der Waals surface area contributed by atoms with Gasteiger partial charge in [0.25, 0.3) is 0 Å². The van der Waals surface area contributed by atoms with E-state index in [4.69, 9.17) is 0 Å². The fourth-order valence-corrected chi connectivity index (χ4v) is 4.35. The largest absolute Gasteiger partial charge is 0.348 e. The van der Waals surface area contributed by atoms with Crippen LogP contribution in [0.25, 0.3) is 0 Å². The Kier molecular flexibility index (Phi) is 6.50. The van der Waals surface area contributed by atoms with E-state index in [-0.39, 0.29) is 23.9 Å². The van der Waals surface area contributed by atoms with Crippen LogP contribution in [0.15, 0.2) is 47.8 Å². The first-order chi connectivity index (χ1) is 13.0. The molecular weight excluding hydrogens is 358 g/mol. The SMILES string of the molecule is CC(C)[C@H](NC(=O)[C@@H]1CCCN(C(=O)Nc2ccccc2)C1)c1cccs1. The van der Waals surface area contributed by atoms with Gasteiger partial charge >= 0.3 is 6.03 Å². The third-order valence-corrected chi connectivity index (χ3v) is 5.87. The number of nitrogens with one attached hydrogen (secondary N) is 2. The van der Waals surface area contributed by atoms with Crippen molar-refractivity contribution in [3.63, 3.8) is 0 Å². The second kappa shape index (κ2) is 9.04.